The molecule has 1 saturated heterocycles. The minimum Gasteiger partial charge on any atom is -0.390 e. The number of nitro groups is 1. The molecule has 112 valence electrons. The van der Waals surface area contributed by atoms with Crippen molar-refractivity contribution in [3.8, 4) is 0 Å². The van der Waals surface area contributed by atoms with Crippen LogP contribution in [-0.4, -0.2) is 50.0 Å². The van der Waals surface area contributed by atoms with E-state index >= 15 is 0 Å². The van der Waals surface area contributed by atoms with Gasteiger partial charge in [0, 0.05) is 18.3 Å². The van der Waals surface area contributed by atoms with Gasteiger partial charge < -0.3 is 10.4 Å². The fourth-order valence-electron chi connectivity index (χ4n) is 2.21. The van der Waals surface area contributed by atoms with Crippen molar-refractivity contribution in [2.24, 2.45) is 0 Å². The predicted molar refractivity (Wildman–Crippen MR) is 77.9 cm³/mol. The third-order valence-electron chi connectivity index (χ3n) is 3.25. The highest BCUT2D eigenvalue weighted by Gasteiger charge is 2.15. The van der Waals surface area contributed by atoms with Crippen LogP contribution in [0.3, 0.4) is 0 Å². The Labute approximate surface area is 121 Å². The second-order valence-corrected chi connectivity index (χ2v) is 6.39. The molecule has 7 nitrogen and oxygen atoms in total. The van der Waals surface area contributed by atoms with Gasteiger partial charge >= 0.3 is 5.69 Å². The van der Waals surface area contributed by atoms with Crippen LogP contribution in [0.15, 0.2) is 12.4 Å². The zero-order valence-electron chi connectivity index (χ0n) is 11.3. The van der Waals surface area contributed by atoms with Crippen LogP contribution in [0, 0.1) is 10.1 Å². The van der Waals surface area contributed by atoms with Crippen LogP contribution in [0.5, 0.6) is 0 Å². The van der Waals surface area contributed by atoms with Gasteiger partial charge in [-0.25, -0.2) is 0 Å². The first-order valence-corrected chi connectivity index (χ1v) is 7.87. The second kappa shape index (κ2) is 7.61. The van der Waals surface area contributed by atoms with E-state index in [1.165, 1.54) is 42.1 Å². The first-order valence-electron chi connectivity index (χ1n) is 6.82. The molecule has 0 amide bonds. The topological polar surface area (TPSA) is 93.2 Å². The minimum absolute atomic E-state index is 0.0521. The Hall–Kier alpha value is -1.12. The van der Waals surface area contributed by atoms with Gasteiger partial charge in [-0.3, -0.25) is 14.8 Å². The van der Waals surface area contributed by atoms with Crippen molar-refractivity contribution < 1.29 is 10.0 Å². The molecular weight excluding hydrogens is 280 g/mol. The van der Waals surface area contributed by atoms with Gasteiger partial charge in [-0.15, -0.1) is 0 Å². The number of hydrogen-bond donors (Lipinski definition) is 2. The van der Waals surface area contributed by atoms with Gasteiger partial charge in [0.2, 0.25) is 0 Å². The maximum atomic E-state index is 10.5. The summed E-state index contributed by atoms with van der Waals surface area (Å²) in [6.07, 6.45) is 5.77. The summed E-state index contributed by atoms with van der Waals surface area (Å²) in [5.74, 6) is 1.23. The summed E-state index contributed by atoms with van der Waals surface area (Å²) >= 11 is 1.99. The lowest BCUT2D eigenvalue weighted by molar-refractivity contribution is -0.385. The maximum absolute atomic E-state index is 10.5. The van der Waals surface area contributed by atoms with Gasteiger partial charge in [0.1, 0.15) is 12.4 Å². The Balaban J connectivity index is 1.66. The number of nitrogens with zero attached hydrogens (tertiary/aromatic N) is 3. The molecule has 2 atom stereocenters. The molecule has 0 aromatic carbocycles. The van der Waals surface area contributed by atoms with Gasteiger partial charge in [0.05, 0.1) is 17.6 Å². The van der Waals surface area contributed by atoms with E-state index in [1.54, 1.807) is 0 Å². The third kappa shape index (κ3) is 4.77. The lowest BCUT2D eigenvalue weighted by Crippen LogP contribution is -2.35. The van der Waals surface area contributed by atoms with Crippen molar-refractivity contribution in [2.75, 3.05) is 18.8 Å². The molecular formula is C12H20N4O3S. The normalized spacial score (nSPS) is 20.8. The van der Waals surface area contributed by atoms with Crippen molar-refractivity contribution in [2.45, 2.75) is 37.2 Å². The van der Waals surface area contributed by atoms with E-state index < -0.39 is 11.0 Å². The quantitative estimate of drug-likeness (QED) is 0.577. The highest BCUT2D eigenvalue weighted by Crippen LogP contribution is 2.24. The fourth-order valence-corrected chi connectivity index (χ4v) is 3.48. The highest BCUT2D eigenvalue weighted by atomic mass is 32.2. The number of rotatable bonds is 7. The number of thioether (sulfide) groups is 1. The summed E-state index contributed by atoms with van der Waals surface area (Å²) < 4.78 is 1.40. The number of aliphatic hydroxyl groups excluding tert-OH is 1. The van der Waals surface area contributed by atoms with Gasteiger partial charge in [-0.2, -0.15) is 16.9 Å². The standard InChI is InChI=1S/C12H20N4O3S/c17-11(6-13-7-12-3-1-2-4-20-12)9-15-8-10(5-14-15)16(18)19/h5,8,11-13,17H,1-4,6-7,9H2. The highest BCUT2D eigenvalue weighted by molar-refractivity contribution is 7.99. The van der Waals surface area contributed by atoms with Crippen LogP contribution in [0.2, 0.25) is 0 Å². The van der Waals surface area contributed by atoms with Crippen LogP contribution < -0.4 is 5.32 Å². The molecule has 2 unspecified atom stereocenters. The number of hydrogen-bond acceptors (Lipinski definition) is 6. The Morgan fingerprint density at radius 2 is 2.50 bits per heavy atom. The summed E-state index contributed by atoms with van der Waals surface area (Å²) in [6.45, 7) is 1.64. The number of aromatic nitrogens is 2. The van der Waals surface area contributed by atoms with E-state index in [9.17, 15) is 15.2 Å². The predicted octanol–water partition coefficient (Wildman–Crippen LogP) is 1.03. The Morgan fingerprint density at radius 1 is 1.65 bits per heavy atom. The molecule has 0 saturated carbocycles. The average molecular weight is 300 g/mol. The summed E-state index contributed by atoms with van der Waals surface area (Å²) in [6, 6.07) is 0. The zero-order chi connectivity index (χ0) is 14.4. The van der Waals surface area contributed by atoms with E-state index in [2.05, 4.69) is 10.4 Å². The summed E-state index contributed by atoms with van der Waals surface area (Å²) in [5, 5.41) is 28.2. The molecule has 2 rings (SSSR count). The zero-order valence-corrected chi connectivity index (χ0v) is 12.1. The van der Waals surface area contributed by atoms with Gasteiger partial charge in [0.15, 0.2) is 0 Å². The molecule has 0 aliphatic carbocycles. The van der Waals surface area contributed by atoms with Crippen LogP contribution >= 0.6 is 11.8 Å². The van der Waals surface area contributed by atoms with E-state index in [-0.39, 0.29) is 12.2 Å². The summed E-state index contributed by atoms with van der Waals surface area (Å²) in [4.78, 5) is 10.0. The molecule has 2 N–H and O–H groups in total. The van der Waals surface area contributed by atoms with E-state index in [1.807, 2.05) is 11.8 Å². The molecule has 0 spiro atoms. The Bertz CT molecular complexity index is 434. The summed E-state index contributed by atoms with van der Waals surface area (Å²) in [5.41, 5.74) is -0.0521. The summed E-state index contributed by atoms with van der Waals surface area (Å²) in [7, 11) is 0. The molecule has 1 aliphatic rings. The molecule has 20 heavy (non-hydrogen) atoms. The van der Waals surface area contributed by atoms with Crippen LogP contribution in [0.1, 0.15) is 19.3 Å². The SMILES string of the molecule is O=[N+]([O-])c1cnn(CC(O)CNCC2CCCCS2)c1. The van der Waals surface area contributed by atoms with Crippen molar-refractivity contribution in [3.05, 3.63) is 22.5 Å². The van der Waals surface area contributed by atoms with Crippen molar-refractivity contribution in [1.29, 1.82) is 0 Å². The Morgan fingerprint density at radius 3 is 3.15 bits per heavy atom. The second-order valence-electron chi connectivity index (χ2n) is 4.98. The van der Waals surface area contributed by atoms with Crippen LogP contribution in [0.4, 0.5) is 5.69 Å². The maximum Gasteiger partial charge on any atom is 0.306 e. The van der Waals surface area contributed by atoms with Gasteiger partial charge in [0.25, 0.3) is 0 Å². The molecule has 0 bridgehead atoms. The van der Waals surface area contributed by atoms with Crippen LogP contribution in [-0.2, 0) is 6.54 Å². The van der Waals surface area contributed by atoms with Crippen LogP contribution in [0.25, 0.3) is 0 Å². The largest absolute Gasteiger partial charge is 0.390 e. The van der Waals surface area contributed by atoms with E-state index in [4.69, 9.17) is 0 Å². The molecule has 0 radical (unpaired) electrons. The third-order valence-corrected chi connectivity index (χ3v) is 4.65. The lowest BCUT2D eigenvalue weighted by atomic mass is 10.2. The molecule has 2 heterocycles. The first-order chi connectivity index (χ1) is 9.65. The Kier molecular flexibility index (Phi) is 5.81. The smallest absolute Gasteiger partial charge is 0.306 e. The number of aliphatic hydroxyl groups is 1. The van der Waals surface area contributed by atoms with Crippen molar-refractivity contribution >= 4 is 17.4 Å². The molecule has 8 heteroatoms. The average Bonchev–Trinajstić information content (AvgIpc) is 2.88. The van der Waals surface area contributed by atoms with Crippen molar-refractivity contribution in [1.82, 2.24) is 15.1 Å². The monoisotopic (exact) mass is 300 g/mol. The number of nitrogens with one attached hydrogen (secondary N) is 1. The molecule has 1 aromatic heterocycles. The van der Waals surface area contributed by atoms with Gasteiger partial charge in [-0.1, -0.05) is 6.42 Å². The molecule has 1 aliphatic heterocycles. The van der Waals surface area contributed by atoms with Crippen molar-refractivity contribution in [3.63, 3.8) is 0 Å². The minimum atomic E-state index is -0.594. The molecule has 1 fully saturated rings. The molecule has 1 aromatic rings. The first kappa shape index (κ1) is 15.3. The van der Waals surface area contributed by atoms with E-state index in [0.29, 0.717) is 11.8 Å². The lowest BCUT2D eigenvalue weighted by Gasteiger charge is -2.22. The van der Waals surface area contributed by atoms with E-state index in [0.717, 1.165) is 6.54 Å². The van der Waals surface area contributed by atoms with Gasteiger partial charge in [-0.05, 0) is 18.6 Å². The fraction of sp³-hybridized carbons (Fsp3) is 0.750.